The number of hydrogen-bond donors (Lipinski definition) is 0. The summed E-state index contributed by atoms with van der Waals surface area (Å²) in [5, 5.41) is 0. The van der Waals surface area contributed by atoms with Crippen molar-refractivity contribution in [3.8, 4) is 0 Å². The first-order valence-electron chi connectivity index (χ1n) is 5.70. The highest BCUT2D eigenvalue weighted by Crippen LogP contribution is 2.25. The highest BCUT2D eigenvalue weighted by molar-refractivity contribution is 5.77. The molecule has 0 aliphatic carbocycles. The zero-order valence-electron chi connectivity index (χ0n) is 9.33. The number of fused-ring (bicyclic) bond motifs is 3. The van der Waals surface area contributed by atoms with E-state index in [1.807, 2.05) is 0 Å². The van der Waals surface area contributed by atoms with E-state index < -0.39 is 0 Å². The topological polar surface area (TPSA) is 17.8 Å². The third-order valence-corrected chi connectivity index (χ3v) is 3.36. The summed E-state index contributed by atoms with van der Waals surface area (Å²) < 4.78 is 2.38. The first-order valence-corrected chi connectivity index (χ1v) is 5.70. The molecule has 0 amide bonds. The Balaban J connectivity index is 2.23. The molecule has 0 N–H and O–H groups in total. The van der Waals surface area contributed by atoms with Gasteiger partial charge in [0.2, 0.25) is 0 Å². The normalized spacial score (nSPS) is 20.5. The van der Waals surface area contributed by atoms with E-state index in [0.29, 0.717) is 0 Å². The van der Waals surface area contributed by atoms with Gasteiger partial charge in [-0.05, 0) is 37.0 Å². The molecule has 0 saturated carbocycles. The Kier molecular flexibility index (Phi) is 1.84. The van der Waals surface area contributed by atoms with Crippen LogP contribution in [0.2, 0.25) is 0 Å². The Labute approximate surface area is 89.9 Å². The van der Waals surface area contributed by atoms with E-state index in [9.17, 15) is 0 Å². The average Bonchev–Trinajstić information content (AvgIpc) is 2.53. The van der Waals surface area contributed by atoms with Crippen LogP contribution in [-0.2, 0) is 13.0 Å². The summed E-state index contributed by atoms with van der Waals surface area (Å²) >= 11 is 0. The molecule has 2 heteroatoms. The van der Waals surface area contributed by atoms with Crippen LogP contribution in [0.1, 0.15) is 24.7 Å². The molecule has 1 aliphatic rings. The predicted octanol–water partition coefficient (Wildman–Crippen LogP) is 2.93. The van der Waals surface area contributed by atoms with Gasteiger partial charge in [0, 0.05) is 13.0 Å². The van der Waals surface area contributed by atoms with Gasteiger partial charge in [-0.2, -0.15) is 0 Å². The average molecular weight is 200 g/mol. The van der Waals surface area contributed by atoms with Crippen LogP contribution in [0.25, 0.3) is 11.0 Å². The second kappa shape index (κ2) is 3.09. The zero-order valence-corrected chi connectivity index (χ0v) is 9.33. The molecule has 2 aromatic rings. The van der Waals surface area contributed by atoms with E-state index in [-0.39, 0.29) is 0 Å². The van der Waals surface area contributed by atoms with E-state index in [1.54, 1.807) is 0 Å². The minimum absolute atomic E-state index is 0.787. The Morgan fingerprint density at radius 3 is 3.13 bits per heavy atom. The molecular weight excluding hydrogens is 184 g/mol. The van der Waals surface area contributed by atoms with Crippen molar-refractivity contribution in [1.29, 1.82) is 0 Å². The highest BCUT2D eigenvalue weighted by Gasteiger charge is 2.18. The lowest BCUT2D eigenvalue weighted by atomic mass is 10.0. The number of aryl methyl sites for hydroxylation is 2. The van der Waals surface area contributed by atoms with Crippen LogP contribution in [0.4, 0.5) is 0 Å². The molecule has 1 aromatic carbocycles. The van der Waals surface area contributed by atoms with Crippen molar-refractivity contribution >= 4 is 11.0 Å². The zero-order chi connectivity index (χ0) is 10.4. The van der Waals surface area contributed by atoms with Gasteiger partial charge in [0.25, 0.3) is 0 Å². The molecule has 1 aliphatic heterocycles. The third-order valence-electron chi connectivity index (χ3n) is 3.36. The van der Waals surface area contributed by atoms with Crippen molar-refractivity contribution in [3.05, 3.63) is 29.6 Å². The smallest absolute Gasteiger partial charge is 0.110 e. The predicted molar refractivity (Wildman–Crippen MR) is 62.0 cm³/mol. The van der Waals surface area contributed by atoms with Crippen molar-refractivity contribution in [2.24, 2.45) is 5.92 Å². The molecule has 15 heavy (non-hydrogen) atoms. The number of aromatic nitrogens is 2. The summed E-state index contributed by atoms with van der Waals surface area (Å²) in [7, 11) is 0. The van der Waals surface area contributed by atoms with Gasteiger partial charge < -0.3 is 4.57 Å². The van der Waals surface area contributed by atoms with Crippen LogP contribution in [0.15, 0.2) is 18.2 Å². The lowest BCUT2D eigenvalue weighted by molar-refractivity contribution is 0.415. The maximum Gasteiger partial charge on any atom is 0.110 e. The van der Waals surface area contributed by atoms with Crippen LogP contribution in [0.5, 0.6) is 0 Å². The van der Waals surface area contributed by atoms with Crippen molar-refractivity contribution in [1.82, 2.24) is 9.55 Å². The Morgan fingerprint density at radius 1 is 1.40 bits per heavy atom. The lowest BCUT2D eigenvalue weighted by Crippen LogP contribution is -2.17. The molecule has 1 atom stereocenters. The van der Waals surface area contributed by atoms with Crippen LogP contribution >= 0.6 is 0 Å². The Bertz CT molecular complexity index is 510. The number of hydrogen-bond acceptors (Lipinski definition) is 1. The molecule has 1 unspecified atom stereocenters. The summed E-state index contributed by atoms with van der Waals surface area (Å²) in [5.74, 6) is 2.06. The Hall–Kier alpha value is -1.31. The monoisotopic (exact) mass is 200 g/mol. The van der Waals surface area contributed by atoms with Gasteiger partial charge >= 0.3 is 0 Å². The van der Waals surface area contributed by atoms with Gasteiger partial charge in [0.05, 0.1) is 11.0 Å². The van der Waals surface area contributed by atoms with Gasteiger partial charge in [-0.3, -0.25) is 0 Å². The molecule has 78 valence electrons. The van der Waals surface area contributed by atoms with Gasteiger partial charge in [-0.15, -0.1) is 0 Å². The van der Waals surface area contributed by atoms with Crippen molar-refractivity contribution < 1.29 is 0 Å². The highest BCUT2D eigenvalue weighted by atomic mass is 15.1. The Morgan fingerprint density at radius 2 is 2.27 bits per heavy atom. The quantitative estimate of drug-likeness (QED) is 0.639. The summed E-state index contributed by atoms with van der Waals surface area (Å²) in [4.78, 5) is 4.73. The fourth-order valence-corrected chi connectivity index (χ4v) is 2.46. The number of imidazole rings is 1. The molecule has 3 rings (SSSR count). The van der Waals surface area contributed by atoms with Gasteiger partial charge in [0.15, 0.2) is 0 Å². The van der Waals surface area contributed by atoms with E-state index in [0.717, 1.165) is 18.9 Å². The van der Waals surface area contributed by atoms with E-state index in [4.69, 9.17) is 4.98 Å². The van der Waals surface area contributed by atoms with E-state index in [1.165, 1.54) is 28.8 Å². The maximum atomic E-state index is 4.73. The van der Waals surface area contributed by atoms with Crippen molar-refractivity contribution in [2.45, 2.75) is 33.2 Å². The molecule has 2 nitrogen and oxygen atoms in total. The maximum absolute atomic E-state index is 4.73. The van der Waals surface area contributed by atoms with Gasteiger partial charge in [-0.1, -0.05) is 13.0 Å². The van der Waals surface area contributed by atoms with Crippen molar-refractivity contribution in [2.75, 3.05) is 0 Å². The molecule has 2 heterocycles. The van der Waals surface area contributed by atoms with Crippen molar-refractivity contribution in [3.63, 3.8) is 0 Å². The summed E-state index contributed by atoms with van der Waals surface area (Å²) in [6, 6.07) is 6.57. The van der Waals surface area contributed by atoms with Crippen LogP contribution in [-0.4, -0.2) is 9.55 Å². The molecule has 1 aromatic heterocycles. The molecule has 0 saturated heterocycles. The standard InChI is InChI=1S/C13H16N2/c1-9-3-4-12-11(7-9)14-13-8-10(2)5-6-15(12)13/h3-4,7,10H,5-6,8H2,1-2H3. The molecule has 0 radical (unpaired) electrons. The largest absolute Gasteiger partial charge is 0.328 e. The number of nitrogens with zero attached hydrogens (tertiary/aromatic N) is 2. The summed E-state index contributed by atoms with van der Waals surface area (Å²) in [6.07, 6.45) is 2.42. The van der Waals surface area contributed by atoms with Crippen LogP contribution in [0, 0.1) is 12.8 Å². The molecule has 0 bridgehead atoms. The van der Waals surface area contributed by atoms with Crippen LogP contribution < -0.4 is 0 Å². The second-order valence-electron chi connectivity index (χ2n) is 4.77. The fourth-order valence-electron chi connectivity index (χ4n) is 2.46. The fraction of sp³-hybridized carbons (Fsp3) is 0.462. The summed E-state index contributed by atoms with van der Waals surface area (Å²) in [6.45, 7) is 5.57. The third kappa shape index (κ3) is 1.36. The number of rotatable bonds is 0. The molecule has 0 spiro atoms. The molecular formula is C13H16N2. The van der Waals surface area contributed by atoms with E-state index in [2.05, 4.69) is 36.6 Å². The molecule has 0 fully saturated rings. The lowest BCUT2D eigenvalue weighted by Gasteiger charge is -2.19. The first kappa shape index (κ1) is 8.96. The SMILES string of the molecule is Cc1ccc2c(c1)nc1n2CCC(C)C1. The van der Waals surface area contributed by atoms with Gasteiger partial charge in [-0.25, -0.2) is 4.98 Å². The van der Waals surface area contributed by atoms with Gasteiger partial charge in [0.1, 0.15) is 5.82 Å². The number of benzene rings is 1. The second-order valence-corrected chi connectivity index (χ2v) is 4.77. The minimum Gasteiger partial charge on any atom is -0.328 e. The minimum atomic E-state index is 0.787. The van der Waals surface area contributed by atoms with Crippen LogP contribution in [0.3, 0.4) is 0 Å². The van der Waals surface area contributed by atoms with E-state index >= 15 is 0 Å². The summed E-state index contributed by atoms with van der Waals surface area (Å²) in [5.41, 5.74) is 3.77. The first-order chi connectivity index (χ1) is 7.24.